The second kappa shape index (κ2) is 7.33. The fourth-order valence-corrected chi connectivity index (χ4v) is 2.15. The summed E-state index contributed by atoms with van der Waals surface area (Å²) >= 11 is 3.38. The lowest BCUT2D eigenvalue weighted by atomic mass is 10.1. The maximum Gasteiger partial charge on any atom is 0.217 e. The third kappa shape index (κ3) is 4.27. The van der Waals surface area contributed by atoms with Gasteiger partial charge in [-0.1, -0.05) is 15.9 Å². The van der Waals surface area contributed by atoms with Gasteiger partial charge in [-0.2, -0.15) is 4.98 Å². The van der Waals surface area contributed by atoms with E-state index in [4.69, 9.17) is 4.74 Å². The van der Waals surface area contributed by atoms with Crippen LogP contribution in [0, 0.1) is 12.7 Å². The first kappa shape index (κ1) is 14.9. The van der Waals surface area contributed by atoms with Crippen LogP contribution >= 0.6 is 15.9 Å². The molecule has 0 N–H and O–H groups in total. The van der Waals surface area contributed by atoms with Crippen molar-refractivity contribution in [3.05, 3.63) is 42.0 Å². The molecule has 1 heterocycles. The quantitative estimate of drug-likeness (QED) is 0.586. The van der Waals surface area contributed by atoms with Gasteiger partial charge < -0.3 is 4.74 Å². The molecule has 0 spiro atoms. The molecule has 0 atom stereocenters. The Kier molecular flexibility index (Phi) is 5.47. The summed E-state index contributed by atoms with van der Waals surface area (Å²) in [5.41, 5.74) is 1.59. The van der Waals surface area contributed by atoms with E-state index in [1.165, 1.54) is 12.1 Å². The molecule has 0 amide bonds. The van der Waals surface area contributed by atoms with Gasteiger partial charge in [-0.05, 0) is 44.0 Å². The van der Waals surface area contributed by atoms with E-state index in [0.29, 0.717) is 18.3 Å². The first-order valence-corrected chi connectivity index (χ1v) is 7.61. The summed E-state index contributed by atoms with van der Waals surface area (Å²) in [6.45, 7) is 2.45. The number of hydrogen-bond donors (Lipinski definition) is 0. The Labute approximate surface area is 126 Å². The van der Waals surface area contributed by atoms with E-state index in [1.807, 2.05) is 6.92 Å². The van der Waals surface area contributed by atoms with Gasteiger partial charge in [-0.25, -0.2) is 9.37 Å². The van der Waals surface area contributed by atoms with Crippen LogP contribution in [0.2, 0.25) is 0 Å². The zero-order chi connectivity index (χ0) is 14.4. The molecule has 2 aromatic rings. The molecule has 0 saturated heterocycles. The molecule has 1 aromatic carbocycles. The molecule has 1 aromatic heterocycles. The van der Waals surface area contributed by atoms with E-state index < -0.39 is 0 Å². The minimum absolute atomic E-state index is 0.259. The first-order valence-electron chi connectivity index (χ1n) is 6.49. The van der Waals surface area contributed by atoms with Gasteiger partial charge in [0.25, 0.3) is 0 Å². The summed E-state index contributed by atoms with van der Waals surface area (Å²) in [5, 5.41) is 0.972. The number of benzene rings is 1. The zero-order valence-corrected chi connectivity index (χ0v) is 12.9. The molecule has 3 nitrogen and oxygen atoms in total. The summed E-state index contributed by atoms with van der Waals surface area (Å²) < 4.78 is 18.6. The van der Waals surface area contributed by atoms with Gasteiger partial charge in [-0.15, -0.1) is 0 Å². The summed E-state index contributed by atoms with van der Waals surface area (Å²) in [6, 6.07) is 8.03. The summed E-state index contributed by atoms with van der Waals surface area (Å²) in [4.78, 5) is 8.61. The Hall–Kier alpha value is -1.49. The van der Waals surface area contributed by atoms with Gasteiger partial charge in [0.05, 0.1) is 12.3 Å². The van der Waals surface area contributed by atoms with Crippen LogP contribution in [0.5, 0.6) is 5.88 Å². The molecule has 20 heavy (non-hydrogen) atoms. The monoisotopic (exact) mass is 338 g/mol. The van der Waals surface area contributed by atoms with Crippen LogP contribution in [0.15, 0.2) is 30.3 Å². The fraction of sp³-hybridized carbons (Fsp3) is 0.333. The summed E-state index contributed by atoms with van der Waals surface area (Å²) in [7, 11) is 0. The molecule has 0 saturated carbocycles. The Morgan fingerprint density at radius 2 is 1.90 bits per heavy atom. The van der Waals surface area contributed by atoms with Crippen molar-refractivity contribution >= 4 is 15.9 Å². The lowest BCUT2D eigenvalue weighted by molar-refractivity contribution is 0.297. The highest BCUT2D eigenvalue weighted by Crippen LogP contribution is 2.21. The second-order valence-corrected chi connectivity index (χ2v) is 5.18. The van der Waals surface area contributed by atoms with Crippen molar-refractivity contribution in [2.75, 3.05) is 11.9 Å². The van der Waals surface area contributed by atoms with Gasteiger partial charge in [0.15, 0.2) is 0 Å². The number of alkyl halides is 1. The topological polar surface area (TPSA) is 35.0 Å². The van der Waals surface area contributed by atoms with Gasteiger partial charge in [0.2, 0.25) is 5.88 Å². The summed E-state index contributed by atoms with van der Waals surface area (Å²) in [6.07, 6.45) is 2.04. The van der Waals surface area contributed by atoms with E-state index in [1.54, 1.807) is 18.2 Å². The Morgan fingerprint density at radius 1 is 1.15 bits per heavy atom. The molecular weight excluding hydrogens is 323 g/mol. The van der Waals surface area contributed by atoms with Crippen LogP contribution in [-0.2, 0) is 0 Å². The molecule has 0 unspecified atom stereocenters. The molecule has 0 radical (unpaired) electrons. The second-order valence-electron chi connectivity index (χ2n) is 4.39. The Morgan fingerprint density at radius 3 is 2.60 bits per heavy atom. The van der Waals surface area contributed by atoms with E-state index >= 15 is 0 Å². The van der Waals surface area contributed by atoms with E-state index in [9.17, 15) is 4.39 Å². The van der Waals surface area contributed by atoms with Crippen molar-refractivity contribution in [1.29, 1.82) is 0 Å². The van der Waals surface area contributed by atoms with Crippen molar-refractivity contribution in [2.45, 2.75) is 19.8 Å². The number of aryl methyl sites for hydroxylation is 1. The van der Waals surface area contributed by atoms with Crippen LogP contribution in [0.3, 0.4) is 0 Å². The van der Waals surface area contributed by atoms with E-state index in [2.05, 4.69) is 25.9 Å². The normalized spacial score (nSPS) is 10.6. The predicted octanol–water partition coefficient (Wildman–Crippen LogP) is 4.15. The molecule has 2 rings (SSSR count). The highest BCUT2D eigenvalue weighted by molar-refractivity contribution is 9.09. The molecule has 0 fully saturated rings. The number of nitrogens with zero attached hydrogens (tertiary/aromatic N) is 2. The molecule has 5 heteroatoms. The molecule has 0 bridgehead atoms. The fourth-order valence-electron chi connectivity index (χ4n) is 1.76. The van der Waals surface area contributed by atoms with Crippen LogP contribution in [0.25, 0.3) is 11.3 Å². The first-order chi connectivity index (χ1) is 9.69. The summed E-state index contributed by atoms with van der Waals surface area (Å²) in [5.74, 6) is 0.944. The minimum Gasteiger partial charge on any atom is -0.478 e. The van der Waals surface area contributed by atoms with Crippen LogP contribution in [0.1, 0.15) is 18.7 Å². The maximum absolute atomic E-state index is 12.9. The standard InChI is InChI=1S/C15H16BrFN2O/c1-11-18-14(12-4-6-13(17)7-5-12)10-15(19-11)20-9-3-2-8-16/h4-7,10H,2-3,8-9H2,1H3. The van der Waals surface area contributed by atoms with E-state index in [0.717, 1.165) is 29.4 Å². The van der Waals surface area contributed by atoms with Gasteiger partial charge in [0, 0.05) is 17.0 Å². The minimum atomic E-state index is -0.259. The Bertz CT molecular complexity index is 560. The number of rotatable bonds is 6. The molecule has 0 aliphatic heterocycles. The predicted molar refractivity (Wildman–Crippen MR) is 80.7 cm³/mol. The number of halogens is 2. The number of unbranched alkanes of at least 4 members (excludes halogenated alkanes) is 1. The van der Waals surface area contributed by atoms with Crippen LogP contribution in [-0.4, -0.2) is 21.9 Å². The average molecular weight is 339 g/mol. The van der Waals surface area contributed by atoms with Crippen molar-refractivity contribution in [1.82, 2.24) is 9.97 Å². The third-order valence-corrected chi connectivity index (χ3v) is 3.29. The Balaban J connectivity index is 2.13. The van der Waals surface area contributed by atoms with Crippen molar-refractivity contribution < 1.29 is 9.13 Å². The van der Waals surface area contributed by atoms with Crippen molar-refractivity contribution in [3.63, 3.8) is 0 Å². The average Bonchev–Trinajstić information content (AvgIpc) is 2.44. The largest absolute Gasteiger partial charge is 0.478 e. The van der Waals surface area contributed by atoms with Crippen LogP contribution in [0.4, 0.5) is 4.39 Å². The highest BCUT2D eigenvalue weighted by Gasteiger charge is 2.05. The van der Waals surface area contributed by atoms with Crippen molar-refractivity contribution in [3.8, 4) is 17.1 Å². The molecule has 106 valence electrons. The van der Waals surface area contributed by atoms with Crippen molar-refractivity contribution in [2.24, 2.45) is 0 Å². The zero-order valence-electron chi connectivity index (χ0n) is 11.3. The van der Waals surface area contributed by atoms with E-state index in [-0.39, 0.29) is 5.82 Å². The van der Waals surface area contributed by atoms with Gasteiger partial charge >= 0.3 is 0 Å². The molecule has 0 aliphatic carbocycles. The lowest BCUT2D eigenvalue weighted by Gasteiger charge is -2.08. The SMILES string of the molecule is Cc1nc(OCCCCBr)cc(-c2ccc(F)cc2)n1. The third-order valence-electron chi connectivity index (χ3n) is 2.73. The number of ether oxygens (including phenoxy) is 1. The van der Waals surface area contributed by atoms with Crippen LogP contribution < -0.4 is 4.74 Å². The number of hydrogen-bond acceptors (Lipinski definition) is 3. The lowest BCUT2D eigenvalue weighted by Crippen LogP contribution is -2.02. The number of aromatic nitrogens is 2. The molecule has 0 aliphatic rings. The molecular formula is C15H16BrFN2O. The van der Waals surface area contributed by atoms with Gasteiger partial charge in [-0.3, -0.25) is 0 Å². The maximum atomic E-state index is 12.9. The smallest absolute Gasteiger partial charge is 0.217 e. The highest BCUT2D eigenvalue weighted by atomic mass is 79.9. The van der Waals surface area contributed by atoms with Gasteiger partial charge in [0.1, 0.15) is 11.6 Å².